The molecule has 1 saturated carbocycles. The maximum Gasteiger partial charge on any atom is 0.257 e. The van der Waals surface area contributed by atoms with E-state index in [1.165, 1.54) is 25.7 Å². The molecule has 0 radical (unpaired) electrons. The van der Waals surface area contributed by atoms with Gasteiger partial charge in [-0.3, -0.25) is 4.79 Å². The van der Waals surface area contributed by atoms with Crippen LogP contribution in [0.1, 0.15) is 25.7 Å². The molecule has 0 unspecified atom stereocenters. The van der Waals surface area contributed by atoms with Crippen molar-refractivity contribution < 1.29 is 9.53 Å². The van der Waals surface area contributed by atoms with Crippen LogP contribution >= 0.6 is 23.4 Å². The second-order valence-electron chi connectivity index (χ2n) is 4.85. The number of carbonyl (C=O) groups is 1. The van der Waals surface area contributed by atoms with Crippen LogP contribution in [0.15, 0.2) is 24.3 Å². The Labute approximate surface area is 129 Å². The van der Waals surface area contributed by atoms with E-state index in [2.05, 4.69) is 5.32 Å². The van der Waals surface area contributed by atoms with Crippen molar-refractivity contribution in [1.82, 2.24) is 5.32 Å². The average Bonchev–Trinajstić information content (AvgIpc) is 2.96. The molecular weight excluding hydrogens is 294 g/mol. The Kier molecular flexibility index (Phi) is 6.54. The molecule has 0 aromatic heterocycles. The van der Waals surface area contributed by atoms with Crippen LogP contribution in [0.2, 0.25) is 5.02 Å². The highest BCUT2D eigenvalue weighted by atomic mass is 35.5. The smallest absolute Gasteiger partial charge is 0.257 e. The number of para-hydroxylation sites is 1. The number of benzene rings is 1. The molecule has 0 bridgehead atoms. The molecule has 0 spiro atoms. The molecule has 1 N–H and O–H groups in total. The Morgan fingerprint density at radius 3 is 2.85 bits per heavy atom. The number of hydrogen-bond acceptors (Lipinski definition) is 3. The number of carbonyl (C=O) groups excluding carboxylic acids is 1. The number of rotatable bonds is 7. The second-order valence-corrected chi connectivity index (χ2v) is 6.66. The molecule has 5 heteroatoms. The van der Waals surface area contributed by atoms with Gasteiger partial charge in [-0.25, -0.2) is 0 Å². The van der Waals surface area contributed by atoms with E-state index in [1.54, 1.807) is 12.1 Å². The molecule has 2 rings (SSSR count). The average molecular weight is 314 g/mol. The number of ether oxygens (including phenoxy) is 1. The van der Waals surface area contributed by atoms with Crippen molar-refractivity contribution in [2.24, 2.45) is 0 Å². The number of halogens is 1. The number of nitrogens with one attached hydrogen (secondary N) is 1. The third kappa shape index (κ3) is 5.25. The molecule has 1 amide bonds. The maximum absolute atomic E-state index is 11.6. The summed E-state index contributed by atoms with van der Waals surface area (Å²) in [5.41, 5.74) is 0. The van der Waals surface area contributed by atoms with E-state index >= 15 is 0 Å². The predicted molar refractivity (Wildman–Crippen MR) is 84.7 cm³/mol. The summed E-state index contributed by atoms with van der Waals surface area (Å²) in [6.07, 6.45) is 5.37. The van der Waals surface area contributed by atoms with Crippen LogP contribution in [-0.4, -0.2) is 30.1 Å². The number of amides is 1. The van der Waals surface area contributed by atoms with Gasteiger partial charge in [-0.1, -0.05) is 36.6 Å². The third-order valence-corrected chi connectivity index (χ3v) is 4.97. The Hall–Kier alpha value is -0.870. The van der Waals surface area contributed by atoms with E-state index in [-0.39, 0.29) is 12.5 Å². The first-order chi connectivity index (χ1) is 9.75. The van der Waals surface area contributed by atoms with Crippen LogP contribution in [0, 0.1) is 0 Å². The van der Waals surface area contributed by atoms with Crippen molar-refractivity contribution >= 4 is 29.3 Å². The molecule has 0 atom stereocenters. The molecule has 1 aliphatic rings. The van der Waals surface area contributed by atoms with Crippen LogP contribution in [0.25, 0.3) is 0 Å². The lowest BCUT2D eigenvalue weighted by molar-refractivity contribution is -0.122. The maximum atomic E-state index is 11.6. The first-order valence-electron chi connectivity index (χ1n) is 7.01. The van der Waals surface area contributed by atoms with Gasteiger partial charge in [0.15, 0.2) is 6.61 Å². The summed E-state index contributed by atoms with van der Waals surface area (Å²) in [4.78, 5) is 11.6. The topological polar surface area (TPSA) is 38.3 Å². The summed E-state index contributed by atoms with van der Waals surface area (Å²) in [6.45, 7) is 0.712. The van der Waals surface area contributed by atoms with Crippen molar-refractivity contribution in [1.29, 1.82) is 0 Å². The standard InChI is InChI=1S/C15H20ClNO2S/c16-13-7-3-4-8-14(13)19-11-15(18)17-9-10-20-12-5-1-2-6-12/h3-4,7-8,12H,1-2,5-6,9-11H2,(H,17,18). The van der Waals surface area contributed by atoms with E-state index in [1.807, 2.05) is 23.9 Å². The highest BCUT2D eigenvalue weighted by Gasteiger charge is 2.14. The van der Waals surface area contributed by atoms with Gasteiger partial charge in [0.2, 0.25) is 0 Å². The zero-order valence-electron chi connectivity index (χ0n) is 11.4. The minimum Gasteiger partial charge on any atom is -0.482 e. The van der Waals surface area contributed by atoms with Crippen molar-refractivity contribution in [3.05, 3.63) is 29.3 Å². The van der Waals surface area contributed by atoms with E-state index in [4.69, 9.17) is 16.3 Å². The summed E-state index contributed by atoms with van der Waals surface area (Å²) in [7, 11) is 0. The molecule has 20 heavy (non-hydrogen) atoms. The van der Waals surface area contributed by atoms with Gasteiger partial charge in [-0.15, -0.1) is 0 Å². The Balaban J connectivity index is 1.57. The zero-order chi connectivity index (χ0) is 14.2. The van der Waals surface area contributed by atoms with Crippen molar-refractivity contribution in [3.8, 4) is 5.75 Å². The fourth-order valence-electron chi connectivity index (χ4n) is 2.23. The molecule has 1 fully saturated rings. The van der Waals surface area contributed by atoms with Crippen molar-refractivity contribution in [3.63, 3.8) is 0 Å². The Bertz CT molecular complexity index is 436. The van der Waals surface area contributed by atoms with Crippen molar-refractivity contribution in [2.75, 3.05) is 18.9 Å². The third-order valence-electron chi connectivity index (χ3n) is 3.28. The summed E-state index contributed by atoms with van der Waals surface area (Å²) in [5.74, 6) is 1.42. The monoisotopic (exact) mass is 313 g/mol. The van der Waals surface area contributed by atoms with Gasteiger partial charge in [-0.05, 0) is 25.0 Å². The molecule has 1 aliphatic carbocycles. The molecule has 0 saturated heterocycles. The van der Waals surface area contributed by atoms with E-state index in [0.29, 0.717) is 17.3 Å². The van der Waals surface area contributed by atoms with Crippen LogP contribution in [0.3, 0.4) is 0 Å². The zero-order valence-corrected chi connectivity index (χ0v) is 13.0. The van der Waals surface area contributed by atoms with Crippen LogP contribution in [0.5, 0.6) is 5.75 Å². The first kappa shape index (κ1) is 15.5. The van der Waals surface area contributed by atoms with Gasteiger partial charge in [0.05, 0.1) is 5.02 Å². The lowest BCUT2D eigenvalue weighted by Crippen LogP contribution is -2.30. The molecule has 0 aliphatic heterocycles. The van der Waals surface area contributed by atoms with Gasteiger partial charge in [0, 0.05) is 17.5 Å². The fourth-order valence-corrected chi connectivity index (χ4v) is 3.64. The minimum absolute atomic E-state index is 0.0117. The first-order valence-corrected chi connectivity index (χ1v) is 8.44. The minimum atomic E-state index is -0.100. The summed E-state index contributed by atoms with van der Waals surface area (Å²) < 4.78 is 5.38. The molecule has 0 heterocycles. The summed E-state index contributed by atoms with van der Waals surface area (Å²) in [5, 5.41) is 4.19. The van der Waals surface area contributed by atoms with Gasteiger partial charge in [0.25, 0.3) is 5.91 Å². The molecule has 3 nitrogen and oxygen atoms in total. The number of thioether (sulfide) groups is 1. The van der Waals surface area contributed by atoms with Crippen LogP contribution < -0.4 is 10.1 Å². The van der Waals surface area contributed by atoms with Crippen molar-refractivity contribution in [2.45, 2.75) is 30.9 Å². The fraction of sp³-hybridized carbons (Fsp3) is 0.533. The molecular formula is C15H20ClNO2S. The predicted octanol–water partition coefficient (Wildman–Crippen LogP) is 3.51. The van der Waals surface area contributed by atoms with Crippen LogP contribution in [0.4, 0.5) is 0 Å². The summed E-state index contributed by atoms with van der Waals surface area (Å²) >= 11 is 7.91. The van der Waals surface area contributed by atoms with E-state index in [9.17, 15) is 4.79 Å². The van der Waals surface area contributed by atoms with Gasteiger partial charge in [0.1, 0.15) is 5.75 Å². The highest BCUT2D eigenvalue weighted by molar-refractivity contribution is 7.99. The highest BCUT2D eigenvalue weighted by Crippen LogP contribution is 2.28. The van der Waals surface area contributed by atoms with Crippen LogP contribution in [-0.2, 0) is 4.79 Å². The quantitative estimate of drug-likeness (QED) is 0.783. The molecule has 1 aromatic carbocycles. The van der Waals surface area contributed by atoms with E-state index < -0.39 is 0 Å². The Morgan fingerprint density at radius 1 is 1.35 bits per heavy atom. The number of hydrogen-bond donors (Lipinski definition) is 1. The second kappa shape index (κ2) is 8.42. The summed E-state index contributed by atoms with van der Waals surface area (Å²) in [6, 6.07) is 7.16. The lowest BCUT2D eigenvalue weighted by atomic mass is 10.3. The lowest BCUT2D eigenvalue weighted by Gasteiger charge is -2.10. The van der Waals surface area contributed by atoms with Gasteiger partial charge < -0.3 is 10.1 Å². The largest absolute Gasteiger partial charge is 0.482 e. The SMILES string of the molecule is O=C(COc1ccccc1Cl)NCCSC1CCCC1. The van der Waals surface area contributed by atoms with E-state index in [0.717, 1.165) is 11.0 Å². The molecule has 1 aromatic rings. The molecule has 110 valence electrons. The normalized spacial score (nSPS) is 15.2. The Morgan fingerprint density at radius 2 is 2.10 bits per heavy atom. The van der Waals surface area contributed by atoms with Gasteiger partial charge in [-0.2, -0.15) is 11.8 Å². The van der Waals surface area contributed by atoms with Gasteiger partial charge >= 0.3 is 0 Å².